The SMILES string of the molecule is CNS(=O)(=O)c1cn(CC(=O)N2CCc3ccccc3C2)cc1S(=O)(=O)NC. The van der Waals surface area contributed by atoms with Crippen molar-refractivity contribution in [1.82, 2.24) is 18.9 Å². The average Bonchev–Trinajstić information content (AvgIpc) is 3.13. The van der Waals surface area contributed by atoms with Crippen LogP contribution >= 0.6 is 0 Å². The van der Waals surface area contributed by atoms with Crippen LogP contribution in [0.4, 0.5) is 0 Å². The molecule has 2 aromatic rings. The molecule has 0 spiro atoms. The van der Waals surface area contributed by atoms with Gasteiger partial charge in [0, 0.05) is 25.5 Å². The van der Waals surface area contributed by atoms with Crippen LogP contribution in [0.5, 0.6) is 0 Å². The molecule has 0 fully saturated rings. The van der Waals surface area contributed by atoms with Gasteiger partial charge in [-0.1, -0.05) is 24.3 Å². The van der Waals surface area contributed by atoms with Crippen molar-refractivity contribution in [2.24, 2.45) is 0 Å². The van der Waals surface area contributed by atoms with Crippen molar-refractivity contribution in [3.63, 3.8) is 0 Å². The summed E-state index contributed by atoms with van der Waals surface area (Å²) in [6.07, 6.45) is 3.06. The first-order valence-corrected chi connectivity index (χ1v) is 11.6. The summed E-state index contributed by atoms with van der Waals surface area (Å²) in [7, 11) is -5.65. The molecular weight excluding hydrogens is 404 g/mol. The minimum absolute atomic E-state index is 0.159. The predicted octanol–water partition coefficient (Wildman–Crippen LogP) is -0.111. The first-order chi connectivity index (χ1) is 13.2. The van der Waals surface area contributed by atoms with Crippen LogP contribution in [0.25, 0.3) is 0 Å². The van der Waals surface area contributed by atoms with Crippen LogP contribution in [0.1, 0.15) is 11.1 Å². The highest BCUT2D eigenvalue weighted by molar-refractivity contribution is 7.92. The van der Waals surface area contributed by atoms with Gasteiger partial charge in [-0.25, -0.2) is 26.3 Å². The molecule has 0 saturated heterocycles. The van der Waals surface area contributed by atoms with E-state index in [1.165, 1.54) is 24.2 Å². The number of hydrogen-bond acceptors (Lipinski definition) is 5. The maximum atomic E-state index is 12.7. The number of carbonyl (C=O) groups excluding carboxylic acids is 1. The fourth-order valence-corrected chi connectivity index (χ4v) is 5.43. The molecule has 152 valence electrons. The number of fused-ring (bicyclic) bond motifs is 1. The van der Waals surface area contributed by atoms with Gasteiger partial charge in [0.25, 0.3) is 0 Å². The van der Waals surface area contributed by atoms with Crippen LogP contribution in [-0.2, 0) is 44.4 Å². The molecule has 0 bridgehead atoms. The van der Waals surface area contributed by atoms with Crippen LogP contribution in [0.2, 0.25) is 0 Å². The first kappa shape index (κ1) is 20.5. The van der Waals surface area contributed by atoms with Gasteiger partial charge in [0.15, 0.2) is 0 Å². The normalized spacial score (nSPS) is 14.7. The lowest BCUT2D eigenvalue weighted by atomic mass is 10.00. The van der Waals surface area contributed by atoms with E-state index in [1.807, 2.05) is 24.3 Å². The monoisotopic (exact) mass is 426 g/mol. The number of amides is 1. The lowest BCUT2D eigenvalue weighted by molar-refractivity contribution is -0.132. The lowest BCUT2D eigenvalue weighted by Crippen LogP contribution is -2.37. The summed E-state index contributed by atoms with van der Waals surface area (Å²) < 4.78 is 54.3. The van der Waals surface area contributed by atoms with Gasteiger partial charge >= 0.3 is 0 Å². The fraction of sp³-hybridized carbons (Fsp3) is 0.353. The molecule has 9 nitrogen and oxygen atoms in total. The zero-order chi connectivity index (χ0) is 20.5. The molecule has 0 atom stereocenters. The maximum Gasteiger partial charge on any atom is 0.243 e. The third kappa shape index (κ3) is 3.97. The van der Waals surface area contributed by atoms with E-state index < -0.39 is 29.8 Å². The highest BCUT2D eigenvalue weighted by Gasteiger charge is 2.28. The van der Waals surface area contributed by atoms with E-state index in [2.05, 4.69) is 9.44 Å². The van der Waals surface area contributed by atoms with Crippen LogP contribution in [-0.4, -0.2) is 52.8 Å². The van der Waals surface area contributed by atoms with Crippen molar-refractivity contribution in [2.45, 2.75) is 29.3 Å². The largest absolute Gasteiger partial charge is 0.342 e. The molecule has 0 saturated carbocycles. The Balaban J connectivity index is 1.87. The molecule has 2 N–H and O–H groups in total. The molecule has 1 amide bonds. The van der Waals surface area contributed by atoms with E-state index in [0.29, 0.717) is 13.1 Å². The van der Waals surface area contributed by atoms with Gasteiger partial charge in [0.1, 0.15) is 16.3 Å². The van der Waals surface area contributed by atoms with Crippen molar-refractivity contribution < 1.29 is 21.6 Å². The molecule has 1 aliphatic rings. The Labute approximate surface area is 164 Å². The summed E-state index contributed by atoms with van der Waals surface area (Å²) in [6.45, 7) is 0.869. The van der Waals surface area contributed by atoms with Gasteiger partial charge in [-0.05, 0) is 31.6 Å². The Kier molecular flexibility index (Phi) is 5.62. The second kappa shape index (κ2) is 7.66. The molecule has 1 aromatic carbocycles. The summed E-state index contributed by atoms with van der Waals surface area (Å²) in [5.41, 5.74) is 2.28. The summed E-state index contributed by atoms with van der Waals surface area (Å²) in [5, 5.41) is 0. The molecule has 0 radical (unpaired) electrons. The Bertz CT molecular complexity index is 1050. The molecule has 2 heterocycles. The molecule has 0 aliphatic carbocycles. The van der Waals surface area contributed by atoms with Gasteiger partial charge in [-0.3, -0.25) is 4.79 Å². The molecule has 28 heavy (non-hydrogen) atoms. The van der Waals surface area contributed by atoms with Crippen molar-refractivity contribution in [1.29, 1.82) is 0 Å². The van der Waals surface area contributed by atoms with Gasteiger partial charge in [0.05, 0.1) is 0 Å². The fourth-order valence-electron chi connectivity index (χ4n) is 3.15. The number of hydrogen-bond donors (Lipinski definition) is 2. The number of nitrogens with one attached hydrogen (secondary N) is 2. The van der Waals surface area contributed by atoms with Crippen molar-refractivity contribution in [3.8, 4) is 0 Å². The standard InChI is InChI=1S/C17H22N4O5S2/c1-18-27(23,24)15-10-20(11-16(15)28(25,26)19-2)12-17(22)21-8-7-13-5-3-4-6-14(13)9-21/h3-6,10-11,18-19H,7-9,12H2,1-2H3. The lowest BCUT2D eigenvalue weighted by Gasteiger charge is -2.29. The Hall–Kier alpha value is -2.21. The van der Waals surface area contributed by atoms with E-state index in [1.54, 1.807) is 4.90 Å². The Morgan fingerprint density at radius 3 is 2.04 bits per heavy atom. The summed E-state index contributed by atoms with van der Waals surface area (Å²) >= 11 is 0. The molecule has 3 rings (SSSR count). The van der Waals surface area contributed by atoms with Gasteiger partial charge in [0.2, 0.25) is 26.0 Å². The number of carbonyl (C=O) groups is 1. The smallest absolute Gasteiger partial charge is 0.243 e. The van der Waals surface area contributed by atoms with Crippen molar-refractivity contribution in [3.05, 3.63) is 47.8 Å². The predicted molar refractivity (Wildman–Crippen MR) is 102 cm³/mol. The summed E-state index contributed by atoms with van der Waals surface area (Å²) in [4.78, 5) is 13.6. The number of rotatable bonds is 6. The van der Waals surface area contributed by atoms with E-state index in [4.69, 9.17) is 0 Å². The number of aromatic nitrogens is 1. The van der Waals surface area contributed by atoms with Crippen LogP contribution in [0, 0.1) is 0 Å². The quantitative estimate of drug-likeness (QED) is 0.668. The maximum absolute atomic E-state index is 12.7. The van der Waals surface area contributed by atoms with Crippen molar-refractivity contribution in [2.75, 3.05) is 20.6 Å². The van der Waals surface area contributed by atoms with Gasteiger partial charge < -0.3 is 9.47 Å². The van der Waals surface area contributed by atoms with E-state index in [9.17, 15) is 21.6 Å². The summed E-state index contributed by atoms with van der Waals surface area (Å²) in [6, 6.07) is 7.89. The summed E-state index contributed by atoms with van der Waals surface area (Å²) in [5.74, 6) is -0.216. The van der Waals surface area contributed by atoms with E-state index in [0.717, 1.165) is 24.4 Å². The van der Waals surface area contributed by atoms with Gasteiger partial charge in [-0.15, -0.1) is 0 Å². The van der Waals surface area contributed by atoms with Crippen LogP contribution in [0.3, 0.4) is 0 Å². The highest BCUT2D eigenvalue weighted by atomic mass is 32.2. The zero-order valence-electron chi connectivity index (χ0n) is 15.5. The van der Waals surface area contributed by atoms with Gasteiger partial charge in [-0.2, -0.15) is 0 Å². The van der Waals surface area contributed by atoms with Crippen LogP contribution in [0.15, 0.2) is 46.5 Å². The Morgan fingerprint density at radius 2 is 1.50 bits per heavy atom. The molecule has 1 aliphatic heterocycles. The minimum atomic E-state index is -4.02. The second-order valence-corrected chi connectivity index (χ2v) is 10.1. The molecule has 0 unspecified atom stereocenters. The highest BCUT2D eigenvalue weighted by Crippen LogP contribution is 2.23. The number of sulfonamides is 2. The van der Waals surface area contributed by atoms with Crippen LogP contribution < -0.4 is 9.44 Å². The minimum Gasteiger partial charge on any atom is -0.342 e. The third-order valence-corrected chi connectivity index (χ3v) is 7.74. The van der Waals surface area contributed by atoms with Crippen molar-refractivity contribution >= 4 is 26.0 Å². The van der Waals surface area contributed by atoms with E-state index >= 15 is 0 Å². The number of nitrogens with zero attached hydrogens (tertiary/aromatic N) is 2. The average molecular weight is 427 g/mol. The molecule has 1 aromatic heterocycles. The van der Waals surface area contributed by atoms with E-state index in [-0.39, 0.29) is 12.5 Å². The molecular formula is C17H22N4O5S2. The number of benzene rings is 1. The first-order valence-electron chi connectivity index (χ1n) is 8.59. The topological polar surface area (TPSA) is 118 Å². The zero-order valence-corrected chi connectivity index (χ0v) is 17.2. The molecule has 11 heteroatoms. The Morgan fingerprint density at radius 1 is 0.964 bits per heavy atom. The second-order valence-electron chi connectivity index (χ2n) is 6.41. The third-order valence-electron chi connectivity index (χ3n) is 4.73.